The van der Waals surface area contributed by atoms with Crippen molar-refractivity contribution in [1.82, 2.24) is 9.78 Å². The van der Waals surface area contributed by atoms with E-state index in [0.717, 1.165) is 13.0 Å². The fourth-order valence-corrected chi connectivity index (χ4v) is 2.51. The van der Waals surface area contributed by atoms with Crippen LogP contribution in [0.1, 0.15) is 65.2 Å². The molecule has 0 saturated carbocycles. The molecule has 1 aromatic heterocycles. The molecule has 120 valence electrons. The van der Waals surface area contributed by atoms with Crippen LogP contribution in [0.2, 0.25) is 5.02 Å². The van der Waals surface area contributed by atoms with E-state index < -0.39 is 0 Å². The first-order chi connectivity index (χ1) is 10.2. The minimum atomic E-state index is -0.222. The highest BCUT2D eigenvalue weighted by molar-refractivity contribution is 6.32. The summed E-state index contributed by atoms with van der Waals surface area (Å²) in [5, 5.41) is 7.52. The van der Waals surface area contributed by atoms with Gasteiger partial charge in [-0.3, -0.25) is 4.79 Å². The smallest absolute Gasteiger partial charge is 0.287 e. The zero-order chi connectivity index (χ0) is 15.5. The van der Waals surface area contributed by atoms with Gasteiger partial charge in [0.05, 0.1) is 11.9 Å². The van der Waals surface area contributed by atoms with Crippen LogP contribution in [0.25, 0.3) is 0 Å². The second-order valence-corrected chi connectivity index (χ2v) is 5.77. The molecule has 0 fully saturated rings. The van der Waals surface area contributed by atoms with E-state index >= 15 is 0 Å². The summed E-state index contributed by atoms with van der Waals surface area (Å²) >= 11 is 6.05. The first-order valence-electron chi connectivity index (χ1n) is 8.20. The van der Waals surface area contributed by atoms with E-state index in [4.69, 9.17) is 11.6 Å². The Kier molecular flexibility index (Phi) is 9.15. The largest absolute Gasteiger partial charge is 0.382 e. The molecular formula is C16H28ClN3O. The number of nitrogens with one attached hydrogen (secondary N) is 1. The average Bonchev–Trinajstić information content (AvgIpc) is 2.50. The number of unbranched alkanes of at least 4 members (excludes halogenated alkanes) is 7. The number of rotatable bonds is 11. The van der Waals surface area contributed by atoms with Crippen LogP contribution >= 0.6 is 11.6 Å². The van der Waals surface area contributed by atoms with Gasteiger partial charge in [0.25, 0.3) is 5.56 Å². The molecular weight excluding hydrogens is 286 g/mol. The van der Waals surface area contributed by atoms with Gasteiger partial charge in [-0.05, 0) is 13.3 Å². The summed E-state index contributed by atoms with van der Waals surface area (Å²) in [4.78, 5) is 11.8. The maximum absolute atomic E-state index is 11.8. The Balaban J connectivity index is 2.19. The summed E-state index contributed by atoms with van der Waals surface area (Å²) in [6.45, 7) is 5.49. The minimum absolute atomic E-state index is 0.222. The summed E-state index contributed by atoms with van der Waals surface area (Å²) in [5.41, 5.74) is 0.425. The third kappa shape index (κ3) is 6.51. The maximum atomic E-state index is 11.8. The molecule has 0 aliphatic rings. The van der Waals surface area contributed by atoms with Crippen LogP contribution in [-0.2, 0) is 6.54 Å². The second-order valence-electron chi connectivity index (χ2n) is 5.39. The molecule has 5 heteroatoms. The van der Waals surface area contributed by atoms with E-state index in [1.165, 1.54) is 49.6 Å². The third-order valence-corrected chi connectivity index (χ3v) is 4.00. The summed E-state index contributed by atoms with van der Waals surface area (Å²) in [5.74, 6) is 0. The highest BCUT2D eigenvalue weighted by Gasteiger charge is 2.07. The Hall–Kier alpha value is -1.03. The molecule has 1 rings (SSSR count). The van der Waals surface area contributed by atoms with Gasteiger partial charge in [0, 0.05) is 13.1 Å². The molecule has 0 atom stereocenters. The van der Waals surface area contributed by atoms with E-state index in [-0.39, 0.29) is 10.6 Å². The number of halogens is 1. The van der Waals surface area contributed by atoms with E-state index in [9.17, 15) is 4.79 Å². The lowest BCUT2D eigenvalue weighted by Gasteiger charge is -2.09. The molecule has 21 heavy (non-hydrogen) atoms. The van der Waals surface area contributed by atoms with Gasteiger partial charge in [0.2, 0.25) is 0 Å². The molecule has 0 unspecified atom stereocenters. The lowest BCUT2D eigenvalue weighted by molar-refractivity contribution is 0.580. The second kappa shape index (κ2) is 10.7. The van der Waals surface area contributed by atoms with Crippen LogP contribution in [-0.4, -0.2) is 16.3 Å². The van der Waals surface area contributed by atoms with E-state index in [1.807, 2.05) is 6.92 Å². The normalized spacial score (nSPS) is 10.8. The van der Waals surface area contributed by atoms with Gasteiger partial charge >= 0.3 is 0 Å². The monoisotopic (exact) mass is 313 g/mol. The van der Waals surface area contributed by atoms with Crippen molar-refractivity contribution < 1.29 is 0 Å². The third-order valence-electron chi connectivity index (χ3n) is 3.63. The van der Waals surface area contributed by atoms with Crippen molar-refractivity contribution in [2.75, 3.05) is 11.9 Å². The highest BCUT2D eigenvalue weighted by atomic mass is 35.5. The molecule has 0 spiro atoms. The van der Waals surface area contributed by atoms with Gasteiger partial charge in [0.15, 0.2) is 0 Å². The van der Waals surface area contributed by atoms with Crippen LogP contribution < -0.4 is 10.9 Å². The Labute approximate surface area is 132 Å². The van der Waals surface area contributed by atoms with Crippen molar-refractivity contribution in [3.8, 4) is 0 Å². The lowest BCUT2D eigenvalue weighted by atomic mass is 10.1. The number of hydrogen-bond acceptors (Lipinski definition) is 3. The summed E-state index contributed by atoms with van der Waals surface area (Å²) in [6, 6.07) is 0. The van der Waals surface area contributed by atoms with Crippen LogP contribution in [0.5, 0.6) is 0 Å². The number of aryl methyl sites for hydroxylation is 1. The van der Waals surface area contributed by atoms with Gasteiger partial charge in [-0.25, -0.2) is 4.68 Å². The molecule has 0 bridgehead atoms. The molecule has 0 aliphatic heterocycles. The van der Waals surface area contributed by atoms with Gasteiger partial charge in [-0.1, -0.05) is 63.5 Å². The van der Waals surface area contributed by atoms with Crippen LogP contribution in [0.15, 0.2) is 11.0 Å². The molecule has 1 heterocycles. The Bertz CT molecular complexity index is 459. The van der Waals surface area contributed by atoms with E-state index in [0.29, 0.717) is 12.2 Å². The zero-order valence-corrected chi connectivity index (χ0v) is 14.1. The number of nitrogens with zero attached hydrogens (tertiary/aromatic N) is 2. The highest BCUT2D eigenvalue weighted by Crippen LogP contribution is 2.15. The van der Waals surface area contributed by atoms with Crippen molar-refractivity contribution in [3.63, 3.8) is 0 Å². The van der Waals surface area contributed by atoms with Gasteiger partial charge in [-0.15, -0.1) is 0 Å². The van der Waals surface area contributed by atoms with Gasteiger partial charge < -0.3 is 5.32 Å². The zero-order valence-electron chi connectivity index (χ0n) is 13.3. The van der Waals surface area contributed by atoms with Gasteiger partial charge in [0.1, 0.15) is 5.02 Å². The Morgan fingerprint density at radius 3 is 2.33 bits per heavy atom. The topological polar surface area (TPSA) is 46.9 Å². The predicted octanol–water partition coefficient (Wildman–Crippen LogP) is 4.47. The molecule has 0 saturated heterocycles. The van der Waals surface area contributed by atoms with Crippen molar-refractivity contribution in [3.05, 3.63) is 21.6 Å². The van der Waals surface area contributed by atoms with Crippen LogP contribution in [0.3, 0.4) is 0 Å². The fraction of sp³-hybridized carbons (Fsp3) is 0.750. The van der Waals surface area contributed by atoms with Crippen molar-refractivity contribution in [2.24, 2.45) is 0 Å². The Morgan fingerprint density at radius 1 is 1.10 bits per heavy atom. The van der Waals surface area contributed by atoms with Crippen LogP contribution in [0, 0.1) is 0 Å². The predicted molar refractivity (Wildman–Crippen MR) is 90.3 cm³/mol. The first kappa shape index (κ1) is 18.0. The number of anilines is 1. The molecule has 0 aliphatic carbocycles. The standard InChI is InChI=1S/C16H28ClN3O/c1-3-5-6-7-8-9-10-11-12-18-14-13-19-20(4-2)16(21)15(14)17/h13,18H,3-12H2,1-2H3. The SMILES string of the molecule is CCCCCCCCCCNc1cnn(CC)c(=O)c1Cl. The Morgan fingerprint density at radius 2 is 1.71 bits per heavy atom. The number of aromatic nitrogens is 2. The van der Waals surface area contributed by atoms with Gasteiger partial charge in [-0.2, -0.15) is 5.10 Å². The van der Waals surface area contributed by atoms with E-state index in [1.54, 1.807) is 6.20 Å². The molecule has 4 nitrogen and oxygen atoms in total. The molecule has 0 amide bonds. The summed E-state index contributed by atoms with van der Waals surface area (Å²) in [7, 11) is 0. The van der Waals surface area contributed by atoms with Crippen molar-refractivity contribution >= 4 is 17.3 Å². The molecule has 1 N–H and O–H groups in total. The maximum Gasteiger partial charge on any atom is 0.287 e. The number of hydrogen-bond donors (Lipinski definition) is 1. The summed E-state index contributed by atoms with van der Waals surface area (Å²) in [6.07, 6.45) is 11.9. The first-order valence-corrected chi connectivity index (χ1v) is 8.58. The van der Waals surface area contributed by atoms with Crippen molar-refractivity contribution in [1.29, 1.82) is 0 Å². The minimum Gasteiger partial charge on any atom is -0.382 e. The van der Waals surface area contributed by atoms with Crippen molar-refractivity contribution in [2.45, 2.75) is 71.8 Å². The quantitative estimate of drug-likeness (QED) is 0.613. The molecule has 1 aromatic rings. The molecule has 0 aromatic carbocycles. The summed E-state index contributed by atoms with van der Waals surface area (Å²) < 4.78 is 1.36. The van der Waals surface area contributed by atoms with Crippen LogP contribution in [0.4, 0.5) is 5.69 Å². The fourth-order valence-electron chi connectivity index (χ4n) is 2.30. The van der Waals surface area contributed by atoms with E-state index in [2.05, 4.69) is 17.3 Å². The average molecular weight is 314 g/mol. The molecule has 0 radical (unpaired) electrons. The lowest BCUT2D eigenvalue weighted by Crippen LogP contribution is -2.23.